The third-order valence-electron chi connectivity index (χ3n) is 2.89. The molecule has 0 fully saturated rings. The van der Waals surface area contributed by atoms with Crippen molar-refractivity contribution in [1.29, 1.82) is 0 Å². The summed E-state index contributed by atoms with van der Waals surface area (Å²) in [4.78, 5) is -0.813. The Hall–Kier alpha value is -1.90. The van der Waals surface area contributed by atoms with Gasteiger partial charge in [-0.25, -0.2) is 22.0 Å². The SMILES string of the molecule is Cc1ccc(S(N)(=O)=O)c(S(=O)(=O)c2ccc(N)cc2)c1. The Morgan fingerprint density at radius 2 is 1.43 bits per heavy atom. The Labute approximate surface area is 123 Å². The van der Waals surface area contributed by atoms with Crippen LogP contribution in [-0.2, 0) is 19.9 Å². The van der Waals surface area contributed by atoms with Gasteiger partial charge in [0, 0.05) is 5.69 Å². The first-order valence-corrected chi connectivity index (χ1v) is 8.89. The first-order chi connectivity index (χ1) is 9.62. The highest BCUT2D eigenvalue weighted by atomic mass is 32.2. The molecular weight excluding hydrogens is 312 g/mol. The van der Waals surface area contributed by atoms with Crippen molar-refractivity contribution >= 4 is 25.5 Å². The van der Waals surface area contributed by atoms with Gasteiger partial charge in [-0.3, -0.25) is 0 Å². The molecule has 0 spiro atoms. The van der Waals surface area contributed by atoms with Crippen LogP contribution in [0.25, 0.3) is 0 Å². The molecule has 0 aliphatic rings. The smallest absolute Gasteiger partial charge is 0.239 e. The highest BCUT2D eigenvalue weighted by molar-refractivity contribution is 7.93. The van der Waals surface area contributed by atoms with Gasteiger partial charge in [-0.2, -0.15) is 0 Å². The summed E-state index contributed by atoms with van der Waals surface area (Å²) >= 11 is 0. The Morgan fingerprint density at radius 3 is 1.95 bits per heavy atom. The zero-order valence-electron chi connectivity index (χ0n) is 11.1. The number of sulfone groups is 1. The normalized spacial score (nSPS) is 12.3. The quantitative estimate of drug-likeness (QED) is 0.817. The first kappa shape index (κ1) is 15.5. The summed E-state index contributed by atoms with van der Waals surface area (Å²) in [6, 6.07) is 9.46. The van der Waals surface area contributed by atoms with Crippen molar-refractivity contribution in [2.24, 2.45) is 5.14 Å². The van der Waals surface area contributed by atoms with E-state index in [0.29, 0.717) is 11.3 Å². The minimum absolute atomic E-state index is 0.0489. The van der Waals surface area contributed by atoms with Crippen molar-refractivity contribution in [3.8, 4) is 0 Å². The summed E-state index contributed by atoms with van der Waals surface area (Å²) in [5.74, 6) is 0. The molecule has 2 aromatic rings. The number of nitrogen functional groups attached to an aromatic ring is 1. The highest BCUT2D eigenvalue weighted by Gasteiger charge is 2.26. The highest BCUT2D eigenvalue weighted by Crippen LogP contribution is 2.28. The third kappa shape index (κ3) is 3.07. The van der Waals surface area contributed by atoms with Crippen LogP contribution in [-0.4, -0.2) is 16.8 Å². The number of hydrogen-bond donors (Lipinski definition) is 2. The molecule has 0 heterocycles. The molecule has 2 rings (SSSR count). The lowest BCUT2D eigenvalue weighted by atomic mass is 10.2. The number of sulfonamides is 1. The Bertz CT molecular complexity index is 886. The third-order valence-corrected chi connectivity index (χ3v) is 5.79. The number of rotatable bonds is 3. The topological polar surface area (TPSA) is 120 Å². The van der Waals surface area contributed by atoms with Gasteiger partial charge >= 0.3 is 0 Å². The molecule has 112 valence electrons. The van der Waals surface area contributed by atoms with Gasteiger partial charge in [0.25, 0.3) is 0 Å². The molecule has 0 radical (unpaired) electrons. The van der Waals surface area contributed by atoms with Gasteiger partial charge in [-0.05, 0) is 48.9 Å². The standard InChI is InChI=1S/C13H14N2O4S2/c1-9-2-7-12(21(15,18)19)13(8-9)20(16,17)11-5-3-10(14)4-6-11/h2-8H,14H2,1H3,(H2,15,18,19). The van der Waals surface area contributed by atoms with Crippen LogP contribution in [0.2, 0.25) is 0 Å². The molecular formula is C13H14N2O4S2. The van der Waals surface area contributed by atoms with Crippen LogP contribution in [0, 0.1) is 6.92 Å². The van der Waals surface area contributed by atoms with E-state index in [2.05, 4.69) is 0 Å². The maximum atomic E-state index is 12.6. The summed E-state index contributed by atoms with van der Waals surface area (Å²) in [6.07, 6.45) is 0. The molecule has 0 aliphatic heterocycles. The molecule has 0 aromatic heterocycles. The van der Waals surface area contributed by atoms with Gasteiger partial charge in [0.1, 0.15) is 4.90 Å². The maximum absolute atomic E-state index is 12.6. The average molecular weight is 326 g/mol. The van der Waals surface area contributed by atoms with Crippen LogP contribution in [0.1, 0.15) is 5.56 Å². The minimum Gasteiger partial charge on any atom is -0.399 e. The van der Waals surface area contributed by atoms with Crippen molar-refractivity contribution in [1.82, 2.24) is 0 Å². The van der Waals surface area contributed by atoms with E-state index in [4.69, 9.17) is 10.9 Å². The van der Waals surface area contributed by atoms with Gasteiger partial charge in [-0.15, -0.1) is 0 Å². The number of hydrogen-bond acceptors (Lipinski definition) is 5. The fourth-order valence-corrected chi connectivity index (χ4v) is 4.53. The van der Waals surface area contributed by atoms with Crippen LogP contribution >= 0.6 is 0 Å². The molecule has 0 amide bonds. The second-order valence-corrected chi connectivity index (χ2v) is 8.02. The second kappa shape index (κ2) is 5.14. The summed E-state index contributed by atoms with van der Waals surface area (Å²) < 4.78 is 48.4. The van der Waals surface area contributed by atoms with E-state index in [9.17, 15) is 16.8 Å². The number of benzene rings is 2. The Balaban J connectivity index is 2.76. The maximum Gasteiger partial charge on any atom is 0.239 e. The molecule has 6 nitrogen and oxygen atoms in total. The zero-order chi connectivity index (χ0) is 15.8. The lowest BCUT2D eigenvalue weighted by Gasteiger charge is -2.10. The average Bonchev–Trinajstić information content (AvgIpc) is 2.37. The van der Waals surface area contributed by atoms with E-state index in [1.807, 2.05) is 0 Å². The van der Waals surface area contributed by atoms with Gasteiger partial charge in [0.05, 0.1) is 9.79 Å². The van der Waals surface area contributed by atoms with Crippen LogP contribution in [0.5, 0.6) is 0 Å². The van der Waals surface area contributed by atoms with Gasteiger partial charge in [0.2, 0.25) is 19.9 Å². The molecule has 0 aliphatic carbocycles. The van der Waals surface area contributed by atoms with Crippen LogP contribution in [0.4, 0.5) is 5.69 Å². The molecule has 0 bridgehead atoms. The molecule has 4 N–H and O–H groups in total. The van der Waals surface area contributed by atoms with Crippen LogP contribution < -0.4 is 10.9 Å². The number of nitrogens with two attached hydrogens (primary N) is 2. The number of primary sulfonamides is 1. The van der Waals surface area contributed by atoms with Crippen LogP contribution in [0.15, 0.2) is 57.2 Å². The van der Waals surface area contributed by atoms with Gasteiger partial charge in [0.15, 0.2) is 0 Å². The zero-order valence-corrected chi connectivity index (χ0v) is 12.8. The van der Waals surface area contributed by atoms with E-state index < -0.39 is 24.8 Å². The number of aryl methyl sites for hydroxylation is 1. The molecule has 0 saturated heterocycles. The molecule has 21 heavy (non-hydrogen) atoms. The van der Waals surface area contributed by atoms with E-state index >= 15 is 0 Å². The Morgan fingerprint density at radius 1 is 0.857 bits per heavy atom. The van der Waals surface area contributed by atoms with Crippen molar-refractivity contribution in [2.75, 3.05) is 5.73 Å². The fourth-order valence-electron chi connectivity index (χ4n) is 1.83. The van der Waals surface area contributed by atoms with Crippen molar-refractivity contribution in [2.45, 2.75) is 21.6 Å². The molecule has 8 heteroatoms. The van der Waals surface area contributed by atoms with Crippen molar-refractivity contribution < 1.29 is 16.8 Å². The fraction of sp³-hybridized carbons (Fsp3) is 0.0769. The van der Waals surface area contributed by atoms with E-state index in [-0.39, 0.29) is 9.79 Å². The summed E-state index contributed by atoms with van der Waals surface area (Å²) in [7, 11) is -8.16. The van der Waals surface area contributed by atoms with Gasteiger partial charge < -0.3 is 5.73 Å². The van der Waals surface area contributed by atoms with E-state index in [1.54, 1.807) is 6.92 Å². The van der Waals surface area contributed by atoms with E-state index in [0.717, 1.165) is 0 Å². The van der Waals surface area contributed by atoms with E-state index in [1.165, 1.54) is 42.5 Å². The molecule has 2 aromatic carbocycles. The van der Waals surface area contributed by atoms with Gasteiger partial charge in [-0.1, -0.05) is 6.07 Å². The summed E-state index contributed by atoms with van der Waals surface area (Å²) in [6.45, 7) is 1.66. The molecule has 0 unspecified atom stereocenters. The summed E-state index contributed by atoms with van der Waals surface area (Å²) in [5, 5.41) is 5.09. The predicted octanol–water partition coefficient (Wildman–Crippen LogP) is 1.06. The number of anilines is 1. The van der Waals surface area contributed by atoms with Crippen molar-refractivity contribution in [3.05, 3.63) is 48.0 Å². The van der Waals surface area contributed by atoms with Crippen LogP contribution in [0.3, 0.4) is 0 Å². The molecule has 0 atom stereocenters. The van der Waals surface area contributed by atoms with Crippen molar-refractivity contribution in [3.63, 3.8) is 0 Å². The first-order valence-electron chi connectivity index (χ1n) is 5.86. The molecule has 0 saturated carbocycles. The monoisotopic (exact) mass is 326 g/mol. The second-order valence-electron chi connectivity index (χ2n) is 4.57. The minimum atomic E-state index is -4.15. The predicted molar refractivity (Wildman–Crippen MR) is 78.9 cm³/mol. The largest absolute Gasteiger partial charge is 0.399 e. The summed E-state index contributed by atoms with van der Waals surface area (Å²) in [5.41, 5.74) is 6.54. The Kier molecular flexibility index (Phi) is 3.79. The lowest BCUT2D eigenvalue weighted by molar-refractivity contribution is 0.583. The lowest BCUT2D eigenvalue weighted by Crippen LogP contribution is -2.17.